The molecule has 1 aliphatic rings. The van der Waals surface area contributed by atoms with Crippen LogP contribution in [0.3, 0.4) is 0 Å². The van der Waals surface area contributed by atoms with Gasteiger partial charge < -0.3 is 34.6 Å². The number of aliphatic hydroxyl groups is 3. The number of esters is 1. The molecule has 0 aromatic rings. The minimum absolute atomic E-state index is 0.112. The second-order valence-corrected chi connectivity index (χ2v) is 9.76. The van der Waals surface area contributed by atoms with E-state index in [1.54, 1.807) is 6.92 Å². The Morgan fingerprint density at radius 2 is 1.31 bits per heavy atom. The molecule has 0 aliphatic carbocycles. The fourth-order valence-corrected chi connectivity index (χ4v) is 4.30. The average Bonchev–Trinajstić information content (AvgIpc) is 2.80. The highest BCUT2D eigenvalue weighted by Crippen LogP contribution is 2.25. The van der Waals surface area contributed by atoms with E-state index in [0.717, 1.165) is 64.2 Å². The lowest BCUT2D eigenvalue weighted by Gasteiger charge is -2.40. The number of aliphatic hydroxyl groups excluding tert-OH is 3. The number of hydrogen-bond donors (Lipinski definition) is 4. The molecule has 1 aliphatic heterocycles. The van der Waals surface area contributed by atoms with Crippen LogP contribution in [0.15, 0.2) is 0 Å². The van der Waals surface area contributed by atoms with E-state index in [-0.39, 0.29) is 12.8 Å². The standard InChI is InChI=1S/C26H48O9/c1-4-6-8-10-12-14-19(16-21(27)28)34-22(29)17-20(15-13-11-9-7-5-2)35-26-25(32)24(31)23(30)18(3)33-26/h18-20,23-26,30-32H,4-17H2,1-3H3,(H,27,28)/t18-,19?,20?,23-,24-,25-,26-/m0/s1. The molecule has 7 atom stereocenters. The molecular formula is C26H48O9. The maximum Gasteiger partial charge on any atom is 0.308 e. The maximum absolute atomic E-state index is 12.7. The van der Waals surface area contributed by atoms with Crippen molar-refractivity contribution in [3.05, 3.63) is 0 Å². The molecule has 0 saturated carbocycles. The molecule has 0 aromatic carbocycles. The monoisotopic (exact) mass is 504 g/mol. The fourth-order valence-electron chi connectivity index (χ4n) is 4.30. The lowest BCUT2D eigenvalue weighted by Crippen LogP contribution is -2.58. The Hall–Kier alpha value is -1.26. The Labute approximate surface area is 210 Å². The van der Waals surface area contributed by atoms with Crippen molar-refractivity contribution in [3.63, 3.8) is 0 Å². The molecular weight excluding hydrogens is 456 g/mol. The number of rotatable bonds is 19. The van der Waals surface area contributed by atoms with Crippen LogP contribution in [0.1, 0.15) is 111 Å². The van der Waals surface area contributed by atoms with Gasteiger partial charge in [0.1, 0.15) is 24.4 Å². The quantitative estimate of drug-likeness (QED) is 0.153. The third kappa shape index (κ3) is 13.0. The largest absolute Gasteiger partial charge is 0.481 e. The van der Waals surface area contributed by atoms with Gasteiger partial charge in [-0.15, -0.1) is 0 Å². The number of carboxylic acid groups (broad SMARTS) is 1. The zero-order valence-corrected chi connectivity index (χ0v) is 21.8. The van der Waals surface area contributed by atoms with E-state index >= 15 is 0 Å². The molecule has 9 heteroatoms. The van der Waals surface area contributed by atoms with Crippen molar-refractivity contribution in [1.82, 2.24) is 0 Å². The molecule has 9 nitrogen and oxygen atoms in total. The van der Waals surface area contributed by atoms with Crippen LogP contribution in [0.2, 0.25) is 0 Å². The van der Waals surface area contributed by atoms with Crippen LogP contribution in [-0.2, 0) is 23.8 Å². The van der Waals surface area contributed by atoms with Crippen molar-refractivity contribution in [2.24, 2.45) is 0 Å². The van der Waals surface area contributed by atoms with Gasteiger partial charge in [-0.05, 0) is 26.2 Å². The fraction of sp³-hybridized carbons (Fsp3) is 0.923. The SMILES string of the molecule is CCCCCCCC(CC(=O)O)OC(=O)CC(CCCCCCC)O[C@@H]1O[C@@H](C)[C@H](O)[C@H](O)[C@@H]1O. The Kier molecular flexibility index (Phi) is 16.4. The van der Waals surface area contributed by atoms with Crippen molar-refractivity contribution in [2.45, 2.75) is 154 Å². The second-order valence-electron chi connectivity index (χ2n) is 9.76. The lowest BCUT2D eigenvalue weighted by atomic mass is 9.99. The summed E-state index contributed by atoms with van der Waals surface area (Å²) in [7, 11) is 0. The van der Waals surface area contributed by atoms with Gasteiger partial charge in [-0.25, -0.2) is 0 Å². The normalized spacial score (nSPS) is 26.3. The van der Waals surface area contributed by atoms with Crippen LogP contribution in [0.25, 0.3) is 0 Å². The number of carboxylic acids is 1. The van der Waals surface area contributed by atoms with Crippen LogP contribution in [0.4, 0.5) is 0 Å². The third-order valence-electron chi connectivity index (χ3n) is 6.49. The summed E-state index contributed by atoms with van der Waals surface area (Å²) in [6.07, 6.45) is 3.42. The second kappa shape index (κ2) is 18.1. The molecule has 206 valence electrons. The molecule has 0 bridgehead atoms. The van der Waals surface area contributed by atoms with E-state index in [9.17, 15) is 30.0 Å². The Bertz CT molecular complexity index is 585. The maximum atomic E-state index is 12.7. The molecule has 35 heavy (non-hydrogen) atoms. The summed E-state index contributed by atoms with van der Waals surface area (Å²) >= 11 is 0. The Morgan fingerprint density at radius 1 is 0.771 bits per heavy atom. The number of carbonyl (C=O) groups is 2. The summed E-state index contributed by atoms with van der Waals surface area (Å²) < 4.78 is 17.0. The first-order chi connectivity index (χ1) is 16.7. The predicted octanol–water partition coefficient (Wildman–Crippen LogP) is 3.70. The smallest absolute Gasteiger partial charge is 0.308 e. The van der Waals surface area contributed by atoms with Crippen molar-refractivity contribution in [3.8, 4) is 0 Å². The predicted molar refractivity (Wildman–Crippen MR) is 131 cm³/mol. The van der Waals surface area contributed by atoms with Crippen molar-refractivity contribution in [2.75, 3.05) is 0 Å². The summed E-state index contributed by atoms with van der Waals surface area (Å²) in [6.45, 7) is 5.82. The molecule has 1 saturated heterocycles. The molecule has 1 rings (SSSR count). The van der Waals surface area contributed by atoms with Gasteiger partial charge in [-0.2, -0.15) is 0 Å². The molecule has 0 amide bonds. The molecule has 0 radical (unpaired) electrons. The number of ether oxygens (including phenoxy) is 3. The van der Waals surface area contributed by atoms with Crippen LogP contribution in [0, 0.1) is 0 Å². The van der Waals surface area contributed by atoms with E-state index in [4.69, 9.17) is 14.2 Å². The highest BCUT2D eigenvalue weighted by Gasteiger charge is 2.43. The summed E-state index contributed by atoms with van der Waals surface area (Å²) in [5.41, 5.74) is 0. The molecule has 1 fully saturated rings. The Morgan fingerprint density at radius 3 is 1.86 bits per heavy atom. The van der Waals surface area contributed by atoms with Gasteiger partial charge in [-0.1, -0.05) is 71.6 Å². The van der Waals surface area contributed by atoms with Gasteiger partial charge in [0.2, 0.25) is 0 Å². The van der Waals surface area contributed by atoms with E-state index in [2.05, 4.69) is 13.8 Å². The first kappa shape index (κ1) is 31.8. The topological polar surface area (TPSA) is 143 Å². The van der Waals surface area contributed by atoms with Crippen LogP contribution in [0.5, 0.6) is 0 Å². The van der Waals surface area contributed by atoms with E-state index in [0.29, 0.717) is 12.8 Å². The number of hydrogen-bond acceptors (Lipinski definition) is 8. The third-order valence-corrected chi connectivity index (χ3v) is 6.49. The highest BCUT2D eigenvalue weighted by molar-refractivity contribution is 5.72. The minimum atomic E-state index is -1.46. The molecule has 4 N–H and O–H groups in total. The van der Waals surface area contributed by atoms with E-state index < -0.39 is 54.9 Å². The van der Waals surface area contributed by atoms with Crippen molar-refractivity contribution >= 4 is 11.9 Å². The van der Waals surface area contributed by atoms with Gasteiger partial charge in [0.05, 0.1) is 25.0 Å². The van der Waals surface area contributed by atoms with Crippen molar-refractivity contribution in [1.29, 1.82) is 0 Å². The lowest BCUT2D eigenvalue weighted by molar-refractivity contribution is -0.304. The summed E-state index contributed by atoms with van der Waals surface area (Å²) in [4.78, 5) is 24.0. The molecule has 0 aromatic heterocycles. The molecule has 2 unspecified atom stereocenters. The van der Waals surface area contributed by atoms with Gasteiger partial charge in [-0.3, -0.25) is 9.59 Å². The highest BCUT2D eigenvalue weighted by atomic mass is 16.7. The zero-order valence-electron chi connectivity index (χ0n) is 21.8. The molecule has 1 heterocycles. The molecule has 0 spiro atoms. The van der Waals surface area contributed by atoms with Crippen LogP contribution >= 0.6 is 0 Å². The first-order valence-electron chi connectivity index (χ1n) is 13.5. The number of aliphatic carboxylic acids is 1. The van der Waals surface area contributed by atoms with E-state index in [1.165, 1.54) is 0 Å². The minimum Gasteiger partial charge on any atom is -0.481 e. The average molecular weight is 505 g/mol. The van der Waals surface area contributed by atoms with Gasteiger partial charge in [0.15, 0.2) is 6.29 Å². The number of unbranched alkanes of at least 4 members (excludes halogenated alkanes) is 8. The summed E-state index contributed by atoms with van der Waals surface area (Å²) in [5.74, 6) is -1.57. The first-order valence-corrected chi connectivity index (χ1v) is 13.5. The van der Waals surface area contributed by atoms with Crippen LogP contribution in [-0.4, -0.2) is 75.3 Å². The van der Waals surface area contributed by atoms with Gasteiger partial charge in [0, 0.05) is 0 Å². The summed E-state index contributed by atoms with van der Waals surface area (Å²) in [5, 5.41) is 39.5. The van der Waals surface area contributed by atoms with Gasteiger partial charge >= 0.3 is 11.9 Å². The van der Waals surface area contributed by atoms with E-state index in [1.807, 2.05) is 0 Å². The Balaban J connectivity index is 2.72. The number of carbonyl (C=O) groups excluding carboxylic acids is 1. The summed E-state index contributed by atoms with van der Waals surface area (Å²) in [6, 6.07) is 0. The zero-order chi connectivity index (χ0) is 26.2. The van der Waals surface area contributed by atoms with Gasteiger partial charge in [0.25, 0.3) is 0 Å². The van der Waals surface area contributed by atoms with Crippen LogP contribution < -0.4 is 0 Å². The van der Waals surface area contributed by atoms with Crippen molar-refractivity contribution < 1.29 is 44.2 Å².